The van der Waals surface area contributed by atoms with Crippen molar-refractivity contribution in [3.8, 4) is 28.5 Å². The SMILES string of the molecule is CCc1nnc(-n2nc(-c3ccccc3)cc2-c2ccccc2)n1N=Cc1c[nH]c2ccccc12. The maximum Gasteiger partial charge on any atom is 0.273 e. The largest absolute Gasteiger partial charge is 0.361 e. The lowest BCUT2D eigenvalue weighted by Crippen LogP contribution is -2.08. The number of hydrogen-bond donors (Lipinski definition) is 1. The Morgan fingerprint density at radius 1 is 0.857 bits per heavy atom. The molecule has 0 amide bonds. The number of aryl methyl sites for hydroxylation is 1. The van der Waals surface area contributed by atoms with Gasteiger partial charge in [-0.2, -0.15) is 19.6 Å². The fourth-order valence-electron chi connectivity index (χ4n) is 4.19. The van der Waals surface area contributed by atoms with E-state index in [2.05, 4.69) is 57.6 Å². The summed E-state index contributed by atoms with van der Waals surface area (Å²) in [4.78, 5) is 3.30. The van der Waals surface area contributed by atoms with Gasteiger partial charge in [0.1, 0.15) is 0 Å². The van der Waals surface area contributed by atoms with Gasteiger partial charge in [0.2, 0.25) is 0 Å². The molecule has 35 heavy (non-hydrogen) atoms. The molecule has 3 heterocycles. The topological polar surface area (TPSA) is 76.7 Å². The van der Waals surface area contributed by atoms with Crippen molar-refractivity contribution in [3.63, 3.8) is 0 Å². The van der Waals surface area contributed by atoms with Crippen LogP contribution in [0.1, 0.15) is 18.3 Å². The molecule has 0 saturated carbocycles. The quantitative estimate of drug-likeness (QED) is 0.325. The average Bonchev–Trinajstić information content (AvgIpc) is 3.65. The molecule has 0 radical (unpaired) electrons. The first-order valence-corrected chi connectivity index (χ1v) is 11.6. The Kier molecular flexibility index (Phi) is 5.27. The molecule has 3 aromatic heterocycles. The van der Waals surface area contributed by atoms with E-state index in [9.17, 15) is 0 Å². The van der Waals surface area contributed by atoms with Crippen molar-refractivity contribution in [1.29, 1.82) is 0 Å². The highest BCUT2D eigenvalue weighted by molar-refractivity contribution is 5.98. The number of benzene rings is 3. The zero-order valence-electron chi connectivity index (χ0n) is 19.2. The average molecular weight is 458 g/mol. The molecule has 1 N–H and O–H groups in total. The summed E-state index contributed by atoms with van der Waals surface area (Å²) in [5.74, 6) is 1.30. The maximum absolute atomic E-state index is 4.94. The van der Waals surface area contributed by atoms with Crippen LogP contribution < -0.4 is 0 Å². The Labute approximate surface area is 202 Å². The van der Waals surface area contributed by atoms with E-state index in [4.69, 9.17) is 10.2 Å². The normalized spacial score (nSPS) is 11.6. The molecule has 0 aliphatic heterocycles. The van der Waals surface area contributed by atoms with Gasteiger partial charge in [-0.25, -0.2) is 0 Å². The molecule has 7 nitrogen and oxygen atoms in total. The molecule has 3 aromatic carbocycles. The number of nitrogens with one attached hydrogen (secondary N) is 1. The van der Waals surface area contributed by atoms with Crippen LogP contribution in [0.15, 0.2) is 102 Å². The fraction of sp³-hybridized carbons (Fsp3) is 0.0714. The van der Waals surface area contributed by atoms with Gasteiger partial charge in [-0.05, 0) is 12.1 Å². The van der Waals surface area contributed by atoms with Crippen LogP contribution in [0.4, 0.5) is 0 Å². The van der Waals surface area contributed by atoms with Crippen LogP contribution in [0.5, 0.6) is 0 Å². The second-order valence-corrected chi connectivity index (χ2v) is 8.17. The summed E-state index contributed by atoms with van der Waals surface area (Å²) in [6, 6.07) is 30.6. The zero-order valence-corrected chi connectivity index (χ0v) is 19.2. The number of para-hydroxylation sites is 1. The monoisotopic (exact) mass is 457 g/mol. The van der Waals surface area contributed by atoms with E-state index in [0.717, 1.165) is 44.8 Å². The van der Waals surface area contributed by atoms with Gasteiger partial charge in [-0.3, -0.25) is 0 Å². The van der Waals surface area contributed by atoms with Gasteiger partial charge in [-0.1, -0.05) is 85.8 Å². The molecule has 0 aliphatic rings. The molecule has 6 aromatic rings. The zero-order chi connectivity index (χ0) is 23.6. The van der Waals surface area contributed by atoms with Crippen LogP contribution in [-0.2, 0) is 6.42 Å². The Morgan fingerprint density at radius 3 is 2.34 bits per heavy atom. The summed E-state index contributed by atoms with van der Waals surface area (Å²) in [5, 5.41) is 19.8. The van der Waals surface area contributed by atoms with E-state index in [0.29, 0.717) is 12.4 Å². The highest BCUT2D eigenvalue weighted by Crippen LogP contribution is 2.28. The lowest BCUT2D eigenvalue weighted by Gasteiger charge is -2.07. The Morgan fingerprint density at radius 2 is 1.57 bits per heavy atom. The number of aromatic amines is 1. The molecular formula is C28H23N7. The maximum atomic E-state index is 4.94. The van der Waals surface area contributed by atoms with E-state index in [1.807, 2.05) is 72.5 Å². The summed E-state index contributed by atoms with van der Waals surface area (Å²) >= 11 is 0. The van der Waals surface area contributed by atoms with E-state index in [-0.39, 0.29) is 0 Å². The molecule has 0 unspecified atom stereocenters. The number of hydrogen-bond acceptors (Lipinski definition) is 4. The molecule has 0 aliphatic carbocycles. The van der Waals surface area contributed by atoms with Crippen LogP contribution in [0, 0.1) is 0 Å². The highest BCUT2D eigenvalue weighted by atomic mass is 15.5. The van der Waals surface area contributed by atoms with Crippen LogP contribution in [0.2, 0.25) is 0 Å². The molecule has 0 spiro atoms. The van der Waals surface area contributed by atoms with Crippen molar-refractivity contribution in [2.45, 2.75) is 13.3 Å². The molecule has 0 bridgehead atoms. The third kappa shape index (κ3) is 3.83. The first-order chi connectivity index (χ1) is 17.3. The number of rotatable bonds is 6. The van der Waals surface area contributed by atoms with Crippen LogP contribution in [0.25, 0.3) is 39.4 Å². The van der Waals surface area contributed by atoms with Crippen molar-refractivity contribution in [3.05, 3.63) is 109 Å². The highest BCUT2D eigenvalue weighted by Gasteiger charge is 2.19. The van der Waals surface area contributed by atoms with Gasteiger partial charge >= 0.3 is 0 Å². The van der Waals surface area contributed by atoms with Gasteiger partial charge in [-0.15, -0.1) is 10.2 Å². The van der Waals surface area contributed by atoms with Crippen LogP contribution in [-0.4, -0.2) is 35.9 Å². The smallest absolute Gasteiger partial charge is 0.273 e. The van der Waals surface area contributed by atoms with Crippen molar-refractivity contribution in [1.82, 2.24) is 29.6 Å². The van der Waals surface area contributed by atoms with Crippen LogP contribution >= 0.6 is 0 Å². The Balaban J connectivity index is 1.50. The Hall–Kier alpha value is -4.78. The van der Waals surface area contributed by atoms with Gasteiger partial charge in [0.25, 0.3) is 5.95 Å². The summed E-state index contributed by atoms with van der Waals surface area (Å²) < 4.78 is 3.60. The fourth-order valence-corrected chi connectivity index (χ4v) is 4.19. The molecule has 0 fully saturated rings. The van der Waals surface area contributed by atoms with Gasteiger partial charge in [0.15, 0.2) is 5.82 Å². The predicted molar refractivity (Wildman–Crippen MR) is 139 cm³/mol. The third-order valence-corrected chi connectivity index (χ3v) is 5.98. The first kappa shape index (κ1) is 20.8. The lowest BCUT2D eigenvalue weighted by atomic mass is 10.1. The van der Waals surface area contributed by atoms with Gasteiger partial charge < -0.3 is 4.98 Å². The number of nitrogens with zero attached hydrogens (tertiary/aromatic N) is 6. The minimum atomic E-state index is 0.541. The predicted octanol–water partition coefficient (Wildman–Crippen LogP) is 5.72. The number of H-pyrrole nitrogens is 1. The second kappa shape index (κ2) is 8.87. The minimum absolute atomic E-state index is 0.541. The summed E-state index contributed by atoms with van der Waals surface area (Å²) in [7, 11) is 0. The molecular weight excluding hydrogens is 434 g/mol. The first-order valence-electron chi connectivity index (χ1n) is 11.6. The number of fused-ring (bicyclic) bond motifs is 1. The van der Waals surface area contributed by atoms with Gasteiger partial charge in [0, 0.05) is 40.2 Å². The second-order valence-electron chi connectivity index (χ2n) is 8.17. The summed E-state index contributed by atoms with van der Waals surface area (Å²) in [6.45, 7) is 2.04. The molecule has 6 rings (SSSR count). The minimum Gasteiger partial charge on any atom is -0.361 e. The van der Waals surface area contributed by atoms with Crippen molar-refractivity contribution in [2.75, 3.05) is 0 Å². The van der Waals surface area contributed by atoms with Crippen molar-refractivity contribution >= 4 is 17.1 Å². The van der Waals surface area contributed by atoms with Crippen LogP contribution in [0.3, 0.4) is 0 Å². The van der Waals surface area contributed by atoms with E-state index in [1.165, 1.54) is 0 Å². The van der Waals surface area contributed by atoms with E-state index >= 15 is 0 Å². The third-order valence-electron chi connectivity index (χ3n) is 5.98. The van der Waals surface area contributed by atoms with Crippen molar-refractivity contribution in [2.24, 2.45) is 5.10 Å². The summed E-state index contributed by atoms with van der Waals surface area (Å²) in [6.07, 6.45) is 4.49. The summed E-state index contributed by atoms with van der Waals surface area (Å²) in [5.41, 5.74) is 5.92. The van der Waals surface area contributed by atoms with E-state index < -0.39 is 0 Å². The molecule has 170 valence electrons. The molecule has 0 saturated heterocycles. The Bertz CT molecular complexity index is 1620. The molecule has 7 heteroatoms. The molecule has 0 atom stereocenters. The van der Waals surface area contributed by atoms with E-state index in [1.54, 1.807) is 4.68 Å². The lowest BCUT2D eigenvalue weighted by molar-refractivity contribution is 0.719. The standard InChI is InChI=1S/C28H23N7/c1-2-27-31-32-28(35(27)30-19-22-18-29-24-16-10-9-15-23(22)24)34-26(21-13-7-4-8-14-21)17-25(33-34)20-11-5-3-6-12-20/h3-19,29H,2H2,1H3. The van der Waals surface area contributed by atoms with Crippen molar-refractivity contribution < 1.29 is 0 Å². The van der Waals surface area contributed by atoms with Gasteiger partial charge in [0.05, 0.1) is 17.6 Å². The number of aromatic nitrogens is 6.